The van der Waals surface area contributed by atoms with E-state index < -0.39 is 0 Å². The molecule has 0 aromatic heterocycles. The average Bonchev–Trinajstić information content (AvgIpc) is 2.61. The van der Waals surface area contributed by atoms with E-state index in [4.69, 9.17) is 4.74 Å². The zero-order valence-electron chi connectivity index (χ0n) is 15.6. The van der Waals surface area contributed by atoms with E-state index in [2.05, 4.69) is 4.90 Å². The Balaban J connectivity index is 1.80. The summed E-state index contributed by atoms with van der Waals surface area (Å²) in [7, 11) is 6.89. The van der Waals surface area contributed by atoms with Gasteiger partial charge in [-0.05, 0) is 31.3 Å². The molecule has 0 saturated carbocycles. The van der Waals surface area contributed by atoms with Crippen LogP contribution in [0.25, 0.3) is 0 Å². The first-order chi connectivity index (χ1) is 11.9. The average molecular weight is 348 g/mol. The minimum absolute atomic E-state index is 0.000347. The lowest BCUT2D eigenvalue weighted by molar-refractivity contribution is -0.134. The van der Waals surface area contributed by atoms with Crippen LogP contribution in [0.2, 0.25) is 0 Å². The van der Waals surface area contributed by atoms with Crippen molar-refractivity contribution in [2.45, 2.75) is 0 Å². The van der Waals surface area contributed by atoms with Crippen molar-refractivity contribution in [3.63, 3.8) is 0 Å². The van der Waals surface area contributed by atoms with Crippen LogP contribution in [-0.4, -0.2) is 94.0 Å². The number of methoxy groups -OCH3 is 1. The minimum Gasteiger partial charge on any atom is -0.497 e. The Morgan fingerprint density at radius 1 is 1.00 bits per heavy atom. The fraction of sp³-hybridized carbons (Fsp3) is 0.556. The molecule has 0 bridgehead atoms. The fourth-order valence-corrected chi connectivity index (χ4v) is 2.77. The molecular weight excluding hydrogens is 320 g/mol. The second-order valence-electron chi connectivity index (χ2n) is 6.53. The number of likely N-dealkylation sites (N-methyl/N-ethyl adjacent to an activating group) is 2. The number of hydrogen-bond donors (Lipinski definition) is 0. The van der Waals surface area contributed by atoms with E-state index in [1.807, 2.05) is 29.2 Å². The van der Waals surface area contributed by atoms with E-state index in [1.165, 1.54) is 4.90 Å². The second-order valence-corrected chi connectivity index (χ2v) is 6.53. The molecule has 0 spiro atoms. The number of benzene rings is 1. The molecule has 0 aliphatic carbocycles. The molecule has 2 amide bonds. The van der Waals surface area contributed by atoms with Crippen molar-refractivity contribution >= 4 is 17.5 Å². The van der Waals surface area contributed by atoms with Gasteiger partial charge in [0.1, 0.15) is 5.75 Å². The third-order valence-electron chi connectivity index (χ3n) is 4.38. The van der Waals surface area contributed by atoms with Gasteiger partial charge in [0.2, 0.25) is 11.8 Å². The lowest BCUT2D eigenvalue weighted by atomic mass is 10.2. The molecule has 1 heterocycles. The van der Waals surface area contributed by atoms with Crippen LogP contribution in [0, 0.1) is 0 Å². The van der Waals surface area contributed by atoms with Crippen LogP contribution in [0.15, 0.2) is 24.3 Å². The first-order valence-corrected chi connectivity index (χ1v) is 8.46. The van der Waals surface area contributed by atoms with Crippen LogP contribution >= 0.6 is 0 Å². The van der Waals surface area contributed by atoms with E-state index in [1.54, 1.807) is 33.2 Å². The highest BCUT2D eigenvalue weighted by Gasteiger charge is 2.22. The molecule has 2 rings (SSSR count). The van der Waals surface area contributed by atoms with Crippen LogP contribution in [0.1, 0.15) is 0 Å². The van der Waals surface area contributed by atoms with Crippen LogP contribution in [0.4, 0.5) is 5.69 Å². The maximum atomic E-state index is 12.4. The predicted molar refractivity (Wildman–Crippen MR) is 98.0 cm³/mol. The van der Waals surface area contributed by atoms with Crippen molar-refractivity contribution in [3.05, 3.63) is 24.3 Å². The summed E-state index contributed by atoms with van der Waals surface area (Å²) in [4.78, 5) is 31.5. The molecule has 1 aromatic rings. The highest BCUT2D eigenvalue weighted by atomic mass is 16.5. The van der Waals surface area contributed by atoms with E-state index in [0.29, 0.717) is 13.1 Å². The first-order valence-electron chi connectivity index (χ1n) is 8.46. The number of nitrogens with zero attached hydrogens (tertiary/aromatic N) is 4. The molecule has 1 aromatic carbocycles. The van der Waals surface area contributed by atoms with Crippen molar-refractivity contribution in [2.24, 2.45) is 0 Å². The van der Waals surface area contributed by atoms with Gasteiger partial charge in [-0.3, -0.25) is 14.5 Å². The molecule has 0 atom stereocenters. The quantitative estimate of drug-likeness (QED) is 0.743. The summed E-state index contributed by atoms with van der Waals surface area (Å²) in [5.41, 5.74) is 1.14. The number of carbonyl (C=O) groups is 2. The van der Waals surface area contributed by atoms with Crippen molar-refractivity contribution in [1.82, 2.24) is 14.7 Å². The van der Waals surface area contributed by atoms with Crippen LogP contribution in [-0.2, 0) is 9.59 Å². The molecular formula is C18H28N4O3. The Labute approximate surface area is 149 Å². The smallest absolute Gasteiger partial charge is 0.236 e. The number of ether oxygens (including phenoxy) is 1. The van der Waals surface area contributed by atoms with Gasteiger partial charge in [-0.2, -0.15) is 0 Å². The Morgan fingerprint density at radius 2 is 1.60 bits per heavy atom. The first kappa shape index (κ1) is 19.1. The SMILES string of the molecule is COc1ccc(N2CCN(C(=O)CN(C)CC(=O)N(C)C)CC2)cc1. The van der Waals surface area contributed by atoms with Gasteiger partial charge in [0.05, 0.1) is 20.2 Å². The van der Waals surface area contributed by atoms with Gasteiger partial charge in [0.15, 0.2) is 0 Å². The Morgan fingerprint density at radius 3 is 2.12 bits per heavy atom. The number of amides is 2. The van der Waals surface area contributed by atoms with Gasteiger partial charge in [0, 0.05) is 46.0 Å². The zero-order valence-corrected chi connectivity index (χ0v) is 15.6. The normalized spacial score (nSPS) is 14.6. The monoisotopic (exact) mass is 348 g/mol. The summed E-state index contributed by atoms with van der Waals surface area (Å²) in [6.45, 7) is 3.52. The van der Waals surface area contributed by atoms with E-state index in [0.717, 1.165) is 24.5 Å². The summed E-state index contributed by atoms with van der Waals surface area (Å²) in [6.07, 6.45) is 0. The molecule has 7 heteroatoms. The molecule has 0 radical (unpaired) electrons. The largest absolute Gasteiger partial charge is 0.497 e. The van der Waals surface area contributed by atoms with Crippen molar-refractivity contribution in [3.8, 4) is 5.75 Å². The predicted octanol–water partition coefficient (Wildman–Crippen LogP) is 0.364. The highest BCUT2D eigenvalue weighted by Crippen LogP contribution is 2.20. The summed E-state index contributed by atoms with van der Waals surface area (Å²) < 4.78 is 5.18. The Kier molecular flexibility index (Phi) is 6.64. The number of anilines is 1. The molecule has 1 aliphatic heterocycles. The van der Waals surface area contributed by atoms with Gasteiger partial charge in [0.25, 0.3) is 0 Å². The molecule has 25 heavy (non-hydrogen) atoms. The lowest BCUT2D eigenvalue weighted by Crippen LogP contribution is -2.51. The van der Waals surface area contributed by atoms with Crippen molar-refractivity contribution < 1.29 is 14.3 Å². The van der Waals surface area contributed by atoms with E-state index in [9.17, 15) is 9.59 Å². The zero-order chi connectivity index (χ0) is 18.4. The second kappa shape index (κ2) is 8.71. The van der Waals surface area contributed by atoms with Gasteiger partial charge in [-0.25, -0.2) is 0 Å². The van der Waals surface area contributed by atoms with Crippen molar-refractivity contribution in [1.29, 1.82) is 0 Å². The molecule has 0 N–H and O–H groups in total. The molecule has 1 fully saturated rings. The molecule has 138 valence electrons. The van der Waals surface area contributed by atoms with Gasteiger partial charge in [-0.15, -0.1) is 0 Å². The van der Waals surface area contributed by atoms with Crippen LogP contribution in [0.3, 0.4) is 0 Å². The maximum absolute atomic E-state index is 12.4. The fourth-order valence-electron chi connectivity index (χ4n) is 2.77. The summed E-state index contributed by atoms with van der Waals surface area (Å²) in [6, 6.07) is 7.97. The Bertz CT molecular complexity index is 580. The van der Waals surface area contributed by atoms with Crippen LogP contribution in [0.5, 0.6) is 5.75 Å². The summed E-state index contributed by atoms with van der Waals surface area (Å²) in [5.74, 6) is 0.913. The molecule has 1 aliphatic rings. The highest BCUT2D eigenvalue weighted by molar-refractivity contribution is 5.81. The number of hydrogen-bond acceptors (Lipinski definition) is 5. The van der Waals surface area contributed by atoms with E-state index >= 15 is 0 Å². The molecule has 0 unspecified atom stereocenters. The maximum Gasteiger partial charge on any atom is 0.236 e. The minimum atomic E-state index is -0.000347. The van der Waals surface area contributed by atoms with Gasteiger partial charge in [-0.1, -0.05) is 0 Å². The lowest BCUT2D eigenvalue weighted by Gasteiger charge is -2.36. The van der Waals surface area contributed by atoms with Gasteiger partial charge < -0.3 is 19.4 Å². The summed E-state index contributed by atoms with van der Waals surface area (Å²) >= 11 is 0. The van der Waals surface area contributed by atoms with Crippen molar-refractivity contribution in [2.75, 3.05) is 72.4 Å². The van der Waals surface area contributed by atoms with Gasteiger partial charge >= 0.3 is 0 Å². The summed E-state index contributed by atoms with van der Waals surface area (Å²) in [5, 5.41) is 0. The Hall–Kier alpha value is -2.28. The number of rotatable bonds is 6. The topological polar surface area (TPSA) is 56.3 Å². The number of piperazine rings is 1. The van der Waals surface area contributed by atoms with Crippen LogP contribution < -0.4 is 9.64 Å². The third kappa shape index (κ3) is 5.35. The molecule has 1 saturated heterocycles. The van der Waals surface area contributed by atoms with E-state index in [-0.39, 0.29) is 24.9 Å². The third-order valence-corrected chi connectivity index (χ3v) is 4.38. The molecule has 7 nitrogen and oxygen atoms in total. The standard InChI is InChI=1S/C18H28N4O3/c1-19(2)17(23)13-20(3)14-18(24)22-11-9-21(10-12-22)15-5-7-16(25-4)8-6-15/h5-8H,9-14H2,1-4H3. The number of carbonyl (C=O) groups excluding carboxylic acids is 2.